The number of amides is 2. The predicted molar refractivity (Wildman–Crippen MR) is 119 cm³/mol. The van der Waals surface area contributed by atoms with Crippen LogP contribution in [-0.4, -0.2) is 54.3 Å². The molecule has 0 unspecified atom stereocenters. The monoisotopic (exact) mass is 443 g/mol. The van der Waals surface area contributed by atoms with E-state index in [9.17, 15) is 18.0 Å². The van der Waals surface area contributed by atoms with Crippen molar-refractivity contribution in [2.24, 2.45) is 0 Å². The second-order valence-corrected chi connectivity index (χ2v) is 10.1. The number of hydrogen-bond acceptors (Lipinski definition) is 4. The first-order chi connectivity index (χ1) is 14.6. The third-order valence-corrected chi connectivity index (χ3v) is 6.91. The minimum absolute atomic E-state index is 0.0920. The summed E-state index contributed by atoms with van der Waals surface area (Å²) in [4.78, 5) is 27.8. The lowest BCUT2D eigenvalue weighted by molar-refractivity contribution is -0.153. The van der Waals surface area contributed by atoms with E-state index in [1.165, 1.54) is 10.5 Å². The van der Waals surface area contributed by atoms with E-state index in [1.807, 2.05) is 54.6 Å². The molecule has 1 saturated heterocycles. The van der Waals surface area contributed by atoms with E-state index in [4.69, 9.17) is 0 Å². The highest BCUT2D eigenvalue weighted by Crippen LogP contribution is 2.27. The summed E-state index contributed by atoms with van der Waals surface area (Å²) in [6.07, 6.45) is 1.97. The molecule has 1 N–H and O–H groups in total. The van der Waals surface area contributed by atoms with Gasteiger partial charge in [-0.25, -0.2) is 8.42 Å². The third-order valence-electron chi connectivity index (χ3n) is 5.72. The van der Waals surface area contributed by atoms with Crippen molar-refractivity contribution in [3.8, 4) is 0 Å². The Morgan fingerprint density at radius 2 is 1.65 bits per heavy atom. The maximum atomic E-state index is 13.3. The standard InChI is InChI=1S/C23H29N3O4S/c1-4-18-10-12-20(13-11-18)15-26-21(27)16-25(31(3,29)30)17-23(26,2)22(28)24-14-19-8-6-5-7-9-19/h5-13H,4,14-17H2,1-3H3,(H,24,28)/t23-/m1/s1. The zero-order chi connectivity index (χ0) is 22.6. The van der Waals surface area contributed by atoms with Gasteiger partial charge in [-0.2, -0.15) is 4.31 Å². The van der Waals surface area contributed by atoms with Gasteiger partial charge in [-0.1, -0.05) is 61.5 Å². The molecule has 2 aromatic rings. The molecular weight excluding hydrogens is 414 g/mol. The van der Waals surface area contributed by atoms with Gasteiger partial charge in [0.15, 0.2) is 0 Å². The molecule has 1 heterocycles. The molecule has 1 fully saturated rings. The second-order valence-electron chi connectivity index (χ2n) is 8.12. The first kappa shape index (κ1) is 23.0. The van der Waals surface area contributed by atoms with E-state index in [1.54, 1.807) is 6.92 Å². The number of rotatable bonds is 7. The van der Waals surface area contributed by atoms with Crippen molar-refractivity contribution >= 4 is 21.8 Å². The van der Waals surface area contributed by atoms with Crippen LogP contribution < -0.4 is 5.32 Å². The van der Waals surface area contributed by atoms with Crippen LogP contribution in [-0.2, 0) is 39.1 Å². The Morgan fingerprint density at radius 3 is 2.23 bits per heavy atom. The molecule has 1 aliphatic rings. The quantitative estimate of drug-likeness (QED) is 0.708. The van der Waals surface area contributed by atoms with E-state index >= 15 is 0 Å². The molecule has 7 nitrogen and oxygen atoms in total. The van der Waals surface area contributed by atoms with Gasteiger partial charge in [-0.05, 0) is 30.0 Å². The lowest BCUT2D eigenvalue weighted by Gasteiger charge is -2.46. The van der Waals surface area contributed by atoms with Crippen molar-refractivity contribution in [3.05, 3.63) is 71.3 Å². The number of nitrogens with zero attached hydrogens (tertiary/aromatic N) is 2. The van der Waals surface area contributed by atoms with Crippen LogP contribution in [0.15, 0.2) is 54.6 Å². The Kier molecular flexibility index (Phi) is 6.81. The number of benzene rings is 2. The summed E-state index contributed by atoms with van der Waals surface area (Å²) < 4.78 is 25.4. The fourth-order valence-corrected chi connectivity index (χ4v) is 4.55. The molecule has 0 bridgehead atoms. The molecular formula is C23H29N3O4S. The predicted octanol–water partition coefficient (Wildman–Crippen LogP) is 1.93. The van der Waals surface area contributed by atoms with Crippen LogP contribution in [0.5, 0.6) is 0 Å². The normalized spacial score (nSPS) is 20.0. The summed E-state index contributed by atoms with van der Waals surface area (Å²) in [5.41, 5.74) is 1.65. The Morgan fingerprint density at radius 1 is 1.03 bits per heavy atom. The SMILES string of the molecule is CCc1ccc(CN2C(=O)CN(S(C)(=O)=O)C[C@]2(C)C(=O)NCc2ccccc2)cc1. The second kappa shape index (κ2) is 9.20. The summed E-state index contributed by atoms with van der Waals surface area (Å²) in [5, 5.41) is 2.88. The zero-order valence-electron chi connectivity index (χ0n) is 18.2. The fourth-order valence-electron chi connectivity index (χ4n) is 3.72. The first-order valence-corrected chi connectivity index (χ1v) is 12.1. The molecule has 0 spiro atoms. The summed E-state index contributed by atoms with van der Waals surface area (Å²) in [7, 11) is -3.63. The number of nitrogens with one attached hydrogen (secondary N) is 1. The largest absolute Gasteiger partial charge is 0.350 e. The van der Waals surface area contributed by atoms with Gasteiger partial charge in [0.1, 0.15) is 5.54 Å². The van der Waals surface area contributed by atoms with Crippen LogP contribution in [0.1, 0.15) is 30.5 Å². The smallest absolute Gasteiger partial charge is 0.247 e. The minimum atomic E-state index is -3.63. The first-order valence-electron chi connectivity index (χ1n) is 10.3. The van der Waals surface area contributed by atoms with Gasteiger partial charge < -0.3 is 10.2 Å². The van der Waals surface area contributed by atoms with Crippen molar-refractivity contribution in [1.82, 2.24) is 14.5 Å². The average Bonchev–Trinajstić information content (AvgIpc) is 2.75. The molecule has 2 aromatic carbocycles. The number of piperazine rings is 1. The molecule has 3 rings (SSSR count). The average molecular weight is 444 g/mol. The Bertz CT molecular complexity index is 1040. The number of carbonyl (C=O) groups is 2. The molecule has 8 heteroatoms. The van der Waals surface area contributed by atoms with Crippen molar-refractivity contribution in [2.45, 2.75) is 38.9 Å². The van der Waals surface area contributed by atoms with Crippen LogP contribution in [0.25, 0.3) is 0 Å². The zero-order valence-corrected chi connectivity index (χ0v) is 19.0. The molecule has 0 radical (unpaired) electrons. The van der Waals surface area contributed by atoms with Crippen molar-refractivity contribution in [3.63, 3.8) is 0 Å². The Balaban J connectivity index is 1.87. The molecule has 31 heavy (non-hydrogen) atoms. The number of hydrogen-bond donors (Lipinski definition) is 1. The summed E-state index contributed by atoms with van der Waals surface area (Å²) in [6.45, 7) is 3.86. The summed E-state index contributed by atoms with van der Waals surface area (Å²) >= 11 is 0. The highest BCUT2D eigenvalue weighted by molar-refractivity contribution is 7.88. The number of aryl methyl sites for hydroxylation is 1. The summed E-state index contributed by atoms with van der Waals surface area (Å²) in [5.74, 6) is -0.781. The lowest BCUT2D eigenvalue weighted by atomic mass is 9.94. The van der Waals surface area contributed by atoms with Crippen molar-refractivity contribution < 1.29 is 18.0 Å². The maximum absolute atomic E-state index is 13.3. The van der Waals surface area contributed by atoms with E-state index < -0.39 is 21.5 Å². The van der Waals surface area contributed by atoms with Gasteiger partial charge in [-0.3, -0.25) is 9.59 Å². The van der Waals surface area contributed by atoms with Gasteiger partial charge in [-0.15, -0.1) is 0 Å². The lowest BCUT2D eigenvalue weighted by Crippen LogP contribution is -2.69. The minimum Gasteiger partial charge on any atom is -0.350 e. The van der Waals surface area contributed by atoms with Gasteiger partial charge in [0, 0.05) is 19.6 Å². The van der Waals surface area contributed by atoms with Crippen LogP contribution >= 0.6 is 0 Å². The third kappa shape index (κ3) is 5.32. The summed E-state index contributed by atoms with van der Waals surface area (Å²) in [6, 6.07) is 17.3. The molecule has 1 aliphatic heterocycles. The Hall–Kier alpha value is -2.71. The molecule has 2 amide bonds. The highest BCUT2D eigenvalue weighted by atomic mass is 32.2. The number of sulfonamides is 1. The van der Waals surface area contributed by atoms with Crippen LogP contribution in [0.3, 0.4) is 0 Å². The molecule has 1 atom stereocenters. The fraction of sp³-hybridized carbons (Fsp3) is 0.391. The van der Waals surface area contributed by atoms with Crippen molar-refractivity contribution in [2.75, 3.05) is 19.3 Å². The molecule has 0 saturated carbocycles. The van der Waals surface area contributed by atoms with Gasteiger partial charge in [0.25, 0.3) is 0 Å². The Labute approximate surface area is 184 Å². The van der Waals surface area contributed by atoms with Gasteiger partial charge >= 0.3 is 0 Å². The van der Waals surface area contributed by atoms with E-state index in [2.05, 4.69) is 12.2 Å². The number of carbonyl (C=O) groups excluding carboxylic acids is 2. The maximum Gasteiger partial charge on any atom is 0.247 e. The molecule has 0 aromatic heterocycles. The van der Waals surface area contributed by atoms with Crippen LogP contribution in [0.4, 0.5) is 0 Å². The van der Waals surface area contributed by atoms with Crippen molar-refractivity contribution in [1.29, 1.82) is 0 Å². The van der Waals surface area contributed by atoms with Gasteiger partial charge in [0.2, 0.25) is 21.8 Å². The van der Waals surface area contributed by atoms with Crippen LogP contribution in [0.2, 0.25) is 0 Å². The van der Waals surface area contributed by atoms with E-state index in [0.29, 0.717) is 6.54 Å². The van der Waals surface area contributed by atoms with Crippen LogP contribution in [0, 0.1) is 0 Å². The molecule has 166 valence electrons. The van der Waals surface area contributed by atoms with E-state index in [0.717, 1.165) is 28.1 Å². The highest BCUT2D eigenvalue weighted by Gasteiger charge is 2.49. The topological polar surface area (TPSA) is 86.8 Å². The van der Waals surface area contributed by atoms with Gasteiger partial charge in [0.05, 0.1) is 12.8 Å². The molecule has 0 aliphatic carbocycles. The van der Waals surface area contributed by atoms with E-state index in [-0.39, 0.29) is 25.5 Å².